The van der Waals surface area contributed by atoms with Crippen LogP contribution in [0.5, 0.6) is 0 Å². The van der Waals surface area contributed by atoms with Gasteiger partial charge in [0.05, 0.1) is 5.29 Å². The summed E-state index contributed by atoms with van der Waals surface area (Å²) < 4.78 is 0. The topological polar surface area (TPSA) is 32.7 Å². The Morgan fingerprint density at radius 3 is 2.80 bits per heavy atom. The fourth-order valence-corrected chi connectivity index (χ4v) is 4.12. The second kappa shape index (κ2) is 3.06. The molecule has 1 heterocycles. The monoisotopic (exact) mass is 206 g/mol. The van der Waals surface area contributed by atoms with Crippen molar-refractivity contribution in [3.63, 3.8) is 0 Å². The van der Waals surface area contributed by atoms with Crippen molar-refractivity contribution in [2.45, 2.75) is 38.5 Å². The Hall–Kier alpha value is -0.860. The quantitative estimate of drug-likeness (QED) is 0.488. The van der Waals surface area contributed by atoms with Crippen molar-refractivity contribution in [1.29, 1.82) is 0 Å². The van der Waals surface area contributed by atoms with Gasteiger partial charge in [-0.15, -0.1) is 4.91 Å². The summed E-state index contributed by atoms with van der Waals surface area (Å²) in [5, 5.41) is 4.94. The lowest BCUT2D eigenvalue weighted by Gasteiger charge is -2.48. The minimum Gasteiger partial charge on any atom is -0.259 e. The molecule has 3 nitrogen and oxygen atoms in total. The molecule has 1 saturated carbocycles. The van der Waals surface area contributed by atoms with E-state index in [-0.39, 0.29) is 5.41 Å². The smallest absolute Gasteiger partial charge is 0.0524 e. The zero-order valence-corrected chi connectivity index (χ0v) is 9.11. The van der Waals surface area contributed by atoms with Crippen molar-refractivity contribution in [3.8, 4) is 0 Å². The van der Waals surface area contributed by atoms with Crippen molar-refractivity contribution < 1.29 is 0 Å². The number of rotatable bonds is 1. The maximum Gasteiger partial charge on any atom is 0.0524 e. The van der Waals surface area contributed by atoms with Crippen molar-refractivity contribution in [2.75, 3.05) is 13.1 Å². The van der Waals surface area contributed by atoms with Crippen LogP contribution in [-0.2, 0) is 0 Å². The molecule has 3 rings (SSSR count). The zero-order chi connectivity index (χ0) is 10.4. The van der Waals surface area contributed by atoms with Gasteiger partial charge >= 0.3 is 0 Å². The van der Waals surface area contributed by atoms with Crippen LogP contribution >= 0.6 is 0 Å². The SMILES string of the molecule is O=NN1C[C@]23C=CCC[C@]2(CCCC3)C1. The lowest BCUT2D eigenvalue weighted by molar-refractivity contribution is 0.0637. The Bertz CT molecular complexity index is 315. The first kappa shape index (κ1) is 9.37. The summed E-state index contributed by atoms with van der Waals surface area (Å²) in [5.74, 6) is 0. The highest BCUT2D eigenvalue weighted by molar-refractivity contribution is 5.20. The molecule has 0 N–H and O–H groups in total. The molecule has 1 aliphatic heterocycles. The Balaban J connectivity index is 2.01. The predicted octanol–water partition coefficient (Wildman–Crippen LogP) is 2.88. The van der Waals surface area contributed by atoms with Crippen LogP contribution in [0.15, 0.2) is 17.4 Å². The molecule has 3 aliphatic rings. The van der Waals surface area contributed by atoms with Gasteiger partial charge in [-0.2, -0.15) is 0 Å². The van der Waals surface area contributed by atoms with Gasteiger partial charge in [-0.1, -0.05) is 25.0 Å². The van der Waals surface area contributed by atoms with Crippen LogP contribution in [0.2, 0.25) is 0 Å². The molecule has 0 bridgehead atoms. The number of hydrogen-bond acceptors (Lipinski definition) is 2. The summed E-state index contributed by atoms with van der Waals surface area (Å²) in [4.78, 5) is 10.7. The van der Waals surface area contributed by atoms with Crippen LogP contribution in [0.1, 0.15) is 38.5 Å². The Morgan fingerprint density at radius 2 is 2.00 bits per heavy atom. The zero-order valence-electron chi connectivity index (χ0n) is 9.11. The van der Waals surface area contributed by atoms with Gasteiger partial charge in [-0.3, -0.25) is 5.01 Å². The first-order chi connectivity index (χ1) is 7.30. The van der Waals surface area contributed by atoms with Gasteiger partial charge in [0.1, 0.15) is 0 Å². The van der Waals surface area contributed by atoms with Crippen LogP contribution in [0.3, 0.4) is 0 Å². The molecule has 0 radical (unpaired) electrons. The summed E-state index contributed by atoms with van der Waals surface area (Å²) in [6.45, 7) is 1.77. The van der Waals surface area contributed by atoms with Gasteiger partial charge in [0.25, 0.3) is 0 Å². The number of allylic oxidation sites excluding steroid dienone is 1. The average molecular weight is 206 g/mol. The van der Waals surface area contributed by atoms with Gasteiger partial charge in [0, 0.05) is 23.9 Å². The van der Waals surface area contributed by atoms with E-state index >= 15 is 0 Å². The summed E-state index contributed by atoms with van der Waals surface area (Å²) in [6.07, 6.45) is 12.4. The van der Waals surface area contributed by atoms with Crippen molar-refractivity contribution in [2.24, 2.45) is 16.1 Å². The highest BCUT2D eigenvalue weighted by Gasteiger charge is 2.57. The average Bonchev–Trinajstić information content (AvgIpc) is 2.63. The third-order valence-corrected chi connectivity index (χ3v) is 4.88. The number of hydrogen-bond donors (Lipinski definition) is 0. The van der Waals surface area contributed by atoms with Gasteiger partial charge in [0.15, 0.2) is 0 Å². The van der Waals surface area contributed by atoms with Gasteiger partial charge in [0.2, 0.25) is 0 Å². The van der Waals surface area contributed by atoms with Gasteiger partial charge in [-0.25, -0.2) is 0 Å². The second-order valence-electron chi connectivity index (χ2n) is 5.49. The van der Waals surface area contributed by atoms with E-state index in [1.807, 2.05) is 0 Å². The van der Waals surface area contributed by atoms with E-state index in [2.05, 4.69) is 17.4 Å². The van der Waals surface area contributed by atoms with Crippen molar-refractivity contribution in [3.05, 3.63) is 17.1 Å². The molecular formula is C12H18N2O. The molecule has 2 aliphatic carbocycles. The molecule has 0 unspecified atom stereocenters. The summed E-state index contributed by atoms with van der Waals surface area (Å²) in [5.41, 5.74) is 0.672. The van der Waals surface area contributed by atoms with E-state index in [4.69, 9.17) is 0 Å². The highest BCUT2D eigenvalue weighted by atomic mass is 16.3. The molecule has 0 aromatic rings. The molecular weight excluding hydrogens is 188 g/mol. The fourth-order valence-electron chi connectivity index (χ4n) is 4.12. The number of nitrogens with zero attached hydrogens (tertiary/aromatic N) is 2. The first-order valence-electron chi connectivity index (χ1n) is 6.06. The lowest BCUT2D eigenvalue weighted by atomic mass is 9.54. The molecule has 15 heavy (non-hydrogen) atoms. The minimum absolute atomic E-state index is 0.289. The van der Waals surface area contributed by atoms with Crippen molar-refractivity contribution in [1.82, 2.24) is 5.01 Å². The first-order valence-corrected chi connectivity index (χ1v) is 6.06. The number of nitroso groups, excluding NO2 is 1. The van der Waals surface area contributed by atoms with Crippen LogP contribution in [0.4, 0.5) is 0 Å². The highest BCUT2D eigenvalue weighted by Crippen LogP contribution is 2.60. The Labute approximate surface area is 90.5 Å². The molecule has 0 aromatic carbocycles. The van der Waals surface area contributed by atoms with E-state index in [1.165, 1.54) is 38.5 Å². The van der Waals surface area contributed by atoms with E-state index < -0.39 is 0 Å². The van der Waals surface area contributed by atoms with Crippen molar-refractivity contribution >= 4 is 0 Å². The van der Waals surface area contributed by atoms with E-state index in [0.717, 1.165) is 13.1 Å². The Kier molecular flexibility index (Phi) is 1.91. The summed E-state index contributed by atoms with van der Waals surface area (Å²) >= 11 is 0. The third kappa shape index (κ3) is 1.12. The lowest BCUT2D eigenvalue weighted by Crippen LogP contribution is -2.43. The maximum atomic E-state index is 10.7. The van der Waals surface area contributed by atoms with E-state index in [0.29, 0.717) is 5.41 Å². The minimum atomic E-state index is 0.289. The van der Waals surface area contributed by atoms with E-state index in [1.54, 1.807) is 5.01 Å². The summed E-state index contributed by atoms with van der Waals surface area (Å²) in [7, 11) is 0. The summed E-state index contributed by atoms with van der Waals surface area (Å²) in [6, 6.07) is 0. The van der Waals surface area contributed by atoms with E-state index in [9.17, 15) is 4.91 Å². The standard InChI is InChI=1S/C12H18N2O/c15-13-14-9-11-5-1-2-6-12(11,10-14)8-4-3-7-11/h1,5H,2-4,6-10H2/t11-,12+/m1/s1. The largest absolute Gasteiger partial charge is 0.259 e. The molecule has 3 heteroatoms. The molecule has 82 valence electrons. The maximum absolute atomic E-state index is 10.7. The van der Waals surface area contributed by atoms with Crippen LogP contribution < -0.4 is 0 Å². The molecule has 2 atom stereocenters. The molecule has 0 aromatic heterocycles. The Morgan fingerprint density at radius 1 is 1.13 bits per heavy atom. The molecule has 1 saturated heterocycles. The second-order valence-corrected chi connectivity index (χ2v) is 5.49. The molecule has 2 fully saturated rings. The molecule has 0 amide bonds. The fraction of sp³-hybridized carbons (Fsp3) is 0.833. The van der Waals surface area contributed by atoms with Crippen LogP contribution in [0, 0.1) is 15.7 Å². The van der Waals surface area contributed by atoms with Gasteiger partial charge < -0.3 is 0 Å². The van der Waals surface area contributed by atoms with Crippen LogP contribution in [0.25, 0.3) is 0 Å². The third-order valence-electron chi connectivity index (χ3n) is 4.88. The normalized spacial score (nSPS) is 43.6. The predicted molar refractivity (Wildman–Crippen MR) is 59.1 cm³/mol. The van der Waals surface area contributed by atoms with Gasteiger partial charge in [-0.05, 0) is 25.7 Å². The van der Waals surface area contributed by atoms with Crippen LogP contribution in [-0.4, -0.2) is 18.1 Å². The molecule has 0 spiro atoms.